The third-order valence-corrected chi connectivity index (χ3v) is 1.30. The van der Waals surface area contributed by atoms with E-state index in [0.717, 1.165) is 19.2 Å². The lowest BCUT2D eigenvalue weighted by Gasteiger charge is -2.12. The minimum absolute atomic E-state index is 0.272. The van der Waals surface area contributed by atoms with Crippen LogP contribution in [0.2, 0.25) is 0 Å². The molecule has 1 heterocycles. The second-order valence-corrected chi connectivity index (χ2v) is 2.13. The molecule has 0 saturated carbocycles. The maximum atomic E-state index is 10.6. The van der Waals surface area contributed by atoms with Crippen molar-refractivity contribution in [2.24, 2.45) is 4.99 Å². The normalized spacial score (nSPS) is 15.1. The largest absolute Gasteiger partial charge is 0.441 e. The van der Waals surface area contributed by atoms with Crippen molar-refractivity contribution in [3.05, 3.63) is 12.7 Å². The fourth-order valence-electron chi connectivity index (χ4n) is 0.720. The Morgan fingerprint density at radius 3 is 3.27 bits per heavy atom. The number of hydrogen-bond donors (Lipinski definition) is 0. The zero-order valence-electron chi connectivity index (χ0n) is 6.19. The number of rotatable bonds is 3. The van der Waals surface area contributed by atoms with Gasteiger partial charge in [-0.2, -0.15) is 0 Å². The highest BCUT2D eigenvalue weighted by molar-refractivity contribution is 5.81. The fourth-order valence-corrected chi connectivity index (χ4v) is 0.720. The molecular weight excluding hydrogens is 144 g/mol. The molecule has 4 heteroatoms. The van der Waals surface area contributed by atoms with E-state index >= 15 is 0 Å². The smallest absolute Gasteiger partial charge is 0.331 e. The summed E-state index contributed by atoms with van der Waals surface area (Å²) in [6, 6.07) is 0. The van der Waals surface area contributed by atoms with Crippen molar-refractivity contribution in [3.63, 3.8) is 0 Å². The lowest BCUT2D eigenvalue weighted by Crippen LogP contribution is -2.24. The average Bonchev–Trinajstić information content (AvgIpc) is 2.52. The molecule has 0 aromatic carbocycles. The van der Waals surface area contributed by atoms with Crippen LogP contribution < -0.4 is 0 Å². The molecule has 1 aliphatic rings. The van der Waals surface area contributed by atoms with Crippen LogP contribution in [0.5, 0.6) is 0 Å². The Balaban J connectivity index is 2.16. The quantitative estimate of drug-likeness (QED) is 0.425. The van der Waals surface area contributed by atoms with Gasteiger partial charge in [0.2, 0.25) is 0 Å². The summed E-state index contributed by atoms with van der Waals surface area (Å²) in [4.78, 5) is 16.3. The van der Waals surface area contributed by atoms with Crippen molar-refractivity contribution >= 4 is 12.3 Å². The van der Waals surface area contributed by atoms with Crippen molar-refractivity contribution in [3.8, 4) is 0 Å². The predicted octanol–water partition coefficient (Wildman–Crippen LogP) is 0.0170. The highest BCUT2D eigenvalue weighted by Gasteiger charge is 2.05. The van der Waals surface area contributed by atoms with E-state index < -0.39 is 5.97 Å². The van der Waals surface area contributed by atoms with Crippen LogP contribution in [0.15, 0.2) is 17.6 Å². The molecule has 0 aromatic rings. The number of ether oxygens (including phenoxy) is 1. The number of nitrogens with zero attached hydrogens (tertiary/aromatic N) is 2. The number of carbonyl (C=O) groups is 1. The van der Waals surface area contributed by atoms with Gasteiger partial charge in [-0.3, -0.25) is 4.99 Å². The van der Waals surface area contributed by atoms with Gasteiger partial charge in [-0.15, -0.1) is 0 Å². The summed E-state index contributed by atoms with van der Waals surface area (Å²) in [5.41, 5.74) is 0. The first-order valence-corrected chi connectivity index (χ1v) is 3.36. The second-order valence-electron chi connectivity index (χ2n) is 2.13. The Morgan fingerprint density at radius 2 is 2.73 bits per heavy atom. The molecule has 0 aliphatic carbocycles. The van der Waals surface area contributed by atoms with Crippen LogP contribution >= 0.6 is 0 Å². The molecule has 1 rings (SSSR count). The molecule has 0 N–H and O–H groups in total. The molecule has 60 valence electrons. The highest BCUT2D eigenvalue weighted by Crippen LogP contribution is 1.93. The van der Waals surface area contributed by atoms with E-state index in [9.17, 15) is 4.79 Å². The summed E-state index contributed by atoms with van der Waals surface area (Å²) >= 11 is 0. The molecule has 0 amide bonds. The number of aliphatic imine (C=N–C) groups is 1. The lowest BCUT2D eigenvalue weighted by molar-refractivity contribution is -0.140. The Morgan fingerprint density at radius 1 is 1.91 bits per heavy atom. The molecule has 0 radical (unpaired) electrons. The molecule has 0 saturated heterocycles. The molecule has 0 fully saturated rings. The first-order chi connectivity index (χ1) is 5.33. The molecule has 4 nitrogen and oxygen atoms in total. The van der Waals surface area contributed by atoms with E-state index in [2.05, 4.69) is 11.6 Å². The molecule has 0 spiro atoms. The molecule has 0 unspecified atom stereocenters. The Hall–Kier alpha value is -1.32. The first-order valence-electron chi connectivity index (χ1n) is 3.36. The zero-order chi connectivity index (χ0) is 8.10. The van der Waals surface area contributed by atoms with Crippen LogP contribution in [-0.2, 0) is 9.53 Å². The first kappa shape index (κ1) is 7.78. The molecule has 0 bridgehead atoms. The monoisotopic (exact) mass is 154 g/mol. The number of hydrogen-bond acceptors (Lipinski definition) is 4. The number of esters is 1. The van der Waals surface area contributed by atoms with Crippen molar-refractivity contribution in [2.75, 3.05) is 19.8 Å². The summed E-state index contributed by atoms with van der Waals surface area (Å²) in [6.07, 6.45) is 2.82. The minimum Gasteiger partial charge on any atom is -0.441 e. The topological polar surface area (TPSA) is 41.9 Å². The van der Waals surface area contributed by atoms with Crippen LogP contribution in [0.3, 0.4) is 0 Å². The van der Waals surface area contributed by atoms with Gasteiger partial charge in [0.25, 0.3) is 0 Å². The van der Waals surface area contributed by atoms with Crippen LogP contribution in [0.4, 0.5) is 0 Å². The van der Waals surface area contributed by atoms with Crippen molar-refractivity contribution in [2.45, 2.75) is 0 Å². The summed E-state index contributed by atoms with van der Waals surface area (Å²) in [5, 5.41) is 0. The summed E-state index contributed by atoms with van der Waals surface area (Å²) in [7, 11) is 0. The SMILES string of the molecule is C=CC(=O)OCN1C=NCC1. The Bertz CT molecular complexity index is 189. The third kappa shape index (κ3) is 2.41. The van der Waals surface area contributed by atoms with Gasteiger partial charge >= 0.3 is 5.97 Å². The van der Waals surface area contributed by atoms with E-state index in [0.29, 0.717) is 0 Å². The van der Waals surface area contributed by atoms with Crippen molar-refractivity contribution < 1.29 is 9.53 Å². The van der Waals surface area contributed by atoms with Crippen LogP contribution in [0.25, 0.3) is 0 Å². The van der Waals surface area contributed by atoms with Crippen LogP contribution in [0, 0.1) is 0 Å². The van der Waals surface area contributed by atoms with Crippen molar-refractivity contribution in [1.29, 1.82) is 0 Å². The molecule has 0 aromatic heterocycles. The summed E-state index contributed by atoms with van der Waals surface area (Å²) in [6.45, 7) is 5.16. The van der Waals surface area contributed by atoms with Gasteiger partial charge in [0.05, 0.1) is 12.9 Å². The van der Waals surface area contributed by atoms with Crippen LogP contribution in [-0.4, -0.2) is 37.0 Å². The molecule has 0 atom stereocenters. The van der Waals surface area contributed by atoms with Gasteiger partial charge in [0, 0.05) is 12.6 Å². The predicted molar refractivity (Wildman–Crippen MR) is 41.2 cm³/mol. The Kier molecular flexibility index (Phi) is 2.66. The van der Waals surface area contributed by atoms with Gasteiger partial charge in [0.1, 0.15) is 0 Å². The second kappa shape index (κ2) is 3.75. The van der Waals surface area contributed by atoms with Gasteiger partial charge in [-0.1, -0.05) is 6.58 Å². The van der Waals surface area contributed by atoms with E-state index in [1.807, 2.05) is 4.90 Å². The average molecular weight is 154 g/mol. The van der Waals surface area contributed by atoms with E-state index in [1.54, 1.807) is 6.34 Å². The van der Waals surface area contributed by atoms with E-state index in [-0.39, 0.29) is 6.73 Å². The van der Waals surface area contributed by atoms with Crippen molar-refractivity contribution in [1.82, 2.24) is 4.90 Å². The van der Waals surface area contributed by atoms with Crippen LogP contribution in [0.1, 0.15) is 0 Å². The molecule has 11 heavy (non-hydrogen) atoms. The number of carbonyl (C=O) groups excluding carboxylic acids is 1. The summed E-state index contributed by atoms with van der Waals surface area (Å²) < 4.78 is 4.75. The Labute approximate surface area is 65.2 Å². The van der Waals surface area contributed by atoms with E-state index in [4.69, 9.17) is 4.74 Å². The van der Waals surface area contributed by atoms with Gasteiger partial charge in [-0.25, -0.2) is 4.79 Å². The lowest BCUT2D eigenvalue weighted by atomic mass is 10.6. The maximum absolute atomic E-state index is 10.6. The van der Waals surface area contributed by atoms with Gasteiger partial charge < -0.3 is 9.64 Å². The minimum atomic E-state index is -0.398. The molecular formula is C7H10N2O2. The van der Waals surface area contributed by atoms with Gasteiger partial charge in [-0.05, 0) is 0 Å². The van der Waals surface area contributed by atoms with Gasteiger partial charge in [0.15, 0.2) is 6.73 Å². The third-order valence-electron chi connectivity index (χ3n) is 1.30. The zero-order valence-corrected chi connectivity index (χ0v) is 6.19. The highest BCUT2D eigenvalue weighted by atomic mass is 16.5. The summed E-state index contributed by atoms with van der Waals surface area (Å²) in [5.74, 6) is -0.398. The standard InChI is InChI=1S/C7H10N2O2/c1-2-7(10)11-6-9-4-3-8-5-9/h2,5H,1,3-4,6H2. The fraction of sp³-hybridized carbons (Fsp3) is 0.429. The van der Waals surface area contributed by atoms with E-state index in [1.165, 1.54) is 0 Å². The maximum Gasteiger partial charge on any atom is 0.331 e. The molecule has 1 aliphatic heterocycles.